The molecule has 0 radical (unpaired) electrons. The highest BCUT2D eigenvalue weighted by Crippen LogP contribution is 2.29. The Morgan fingerprint density at radius 1 is 1.44 bits per heavy atom. The molecule has 86 valence electrons. The van der Waals surface area contributed by atoms with Crippen LogP contribution in [0.3, 0.4) is 0 Å². The first-order chi connectivity index (χ1) is 7.67. The normalized spacial score (nSPS) is 13.0. The topological polar surface area (TPSA) is 34.4 Å². The van der Waals surface area contributed by atoms with Crippen molar-refractivity contribution in [3.8, 4) is 5.75 Å². The average molecular weight is 219 g/mol. The van der Waals surface area contributed by atoms with Gasteiger partial charge in [0.05, 0.1) is 13.2 Å². The van der Waals surface area contributed by atoms with Crippen LogP contribution in [0.5, 0.6) is 5.75 Å². The van der Waals surface area contributed by atoms with Crippen LogP contribution >= 0.6 is 0 Å². The number of benzene rings is 1. The maximum absolute atomic E-state index is 9.74. The molecule has 2 aromatic rings. The van der Waals surface area contributed by atoms with Crippen molar-refractivity contribution in [3.05, 3.63) is 30.0 Å². The van der Waals surface area contributed by atoms with Crippen LogP contribution in [0, 0.1) is 0 Å². The van der Waals surface area contributed by atoms with E-state index in [1.807, 2.05) is 24.4 Å². The van der Waals surface area contributed by atoms with Crippen LogP contribution < -0.4 is 4.74 Å². The van der Waals surface area contributed by atoms with E-state index in [0.29, 0.717) is 0 Å². The molecule has 1 N–H and O–H groups in total. The predicted octanol–water partition coefficient (Wildman–Crippen LogP) is 2.72. The van der Waals surface area contributed by atoms with Crippen molar-refractivity contribution in [2.24, 2.45) is 0 Å². The second kappa shape index (κ2) is 4.18. The third-order valence-electron chi connectivity index (χ3n) is 2.91. The number of hydrogen-bond acceptors (Lipinski definition) is 2. The van der Waals surface area contributed by atoms with Crippen molar-refractivity contribution < 1.29 is 9.84 Å². The van der Waals surface area contributed by atoms with Crippen LogP contribution in [0.25, 0.3) is 10.9 Å². The van der Waals surface area contributed by atoms with Crippen molar-refractivity contribution in [1.82, 2.24) is 4.57 Å². The molecule has 0 aliphatic heterocycles. The molecule has 0 amide bonds. The van der Waals surface area contributed by atoms with E-state index in [0.717, 1.165) is 28.8 Å². The van der Waals surface area contributed by atoms with Gasteiger partial charge in [-0.2, -0.15) is 0 Å². The Labute approximate surface area is 95.3 Å². The van der Waals surface area contributed by atoms with Crippen molar-refractivity contribution >= 4 is 10.9 Å². The highest BCUT2D eigenvalue weighted by Gasteiger charge is 2.12. The number of fused-ring (bicyclic) bond motifs is 1. The fraction of sp³-hybridized carbons (Fsp3) is 0.385. The number of aromatic nitrogens is 1. The second-order valence-corrected chi connectivity index (χ2v) is 3.93. The van der Waals surface area contributed by atoms with Gasteiger partial charge in [0.2, 0.25) is 0 Å². The van der Waals surface area contributed by atoms with Crippen LogP contribution in [-0.4, -0.2) is 16.8 Å². The van der Waals surface area contributed by atoms with Crippen molar-refractivity contribution in [2.45, 2.75) is 26.5 Å². The molecule has 1 aromatic carbocycles. The molecular formula is C13H17NO2. The molecule has 1 atom stereocenters. The maximum Gasteiger partial charge on any atom is 0.119 e. The van der Waals surface area contributed by atoms with Gasteiger partial charge < -0.3 is 14.4 Å². The van der Waals surface area contributed by atoms with Gasteiger partial charge in [-0.25, -0.2) is 0 Å². The lowest BCUT2D eigenvalue weighted by Crippen LogP contribution is -1.91. The first-order valence-corrected chi connectivity index (χ1v) is 5.52. The Morgan fingerprint density at radius 2 is 2.19 bits per heavy atom. The van der Waals surface area contributed by atoms with Crippen molar-refractivity contribution in [2.75, 3.05) is 7.11 Å². The van der Waals surface area contributed by atoms with Crippen molar-refractivity contribution in [3.63, 3.8) is 0 Å². The Morgan fingerprint density at radius 3 is 2.75 bits per heavy atom. The van der Waals surface area contributed by atoms with Gasteiger partial charge in [-0.1, -0.05) is 0 Å². The molecule has 1 heterocycles. The summed E-state index contributed by atoms with van der Waals surface area (Å²) in [6.07, 6.45) is 1.55. The van der Waals surface area contributed by atoms with Crippen molar-refractivity contribution in [1.29, 1.82) is 0 Å². The molecule has 0 aliphatic rings. The fourth-order valence-corrected chi connectivity index (χ4v) is 2.03. The summed E-state index contributed by atoms with van der Waals surface area (Å²) in [7, 11) is 1.65. The molecule has 3 heteroatoms. The molecule has 0 aliphatic carbocycles. The van der Waals surface area contributed by atoms with E-state index in [2.05, 4.69) is 11.5 Å². The molecule has 0 saturated heterocycles. The smallest absolute Gasteiger partial charge is 0.119 e. The standard InChI is InChI=1S/C13H17NO2/c1-4-14-8-12(9(2)15)11-7-10(16-3)5-6-13(11)14/h5-9,15H,4H2,1-3H3. The molecule has 1 unspecified atom stereocenters. The third kappa shape index (κ3) is 1.67. The van der Waals surface area contributed by atoms with Crippen LogP contribution in [0.15, 0.2) is 24.4 Å². The highest BCUT2D eigenvalue weighted by molar-refractivity contribution is 5.85. The Kier molecular flexibility index (Phi) is 2.88. The number of aryl methyl sites for hydroxylation is 1. The average Bonchev–Trinajstić information content (AvgIpc) is 2.66. The van der Waals surface area contributed by atoms with Gasteiger partial charge in [0.25, 0.3) is 0 Å². The number of aliphatic hydroxyl groups is 1. The summed E-state index contributed by atoms with van der Waals surface area (Å²) in [5.74, 6) is 0.822. The zero-order valence-corrected chi connectivity index (χ0v) is 9.90. The summed E-state index contributed by atoms with van der Waals surface area (Å²) < 4.78 is 7.34. The molecule has 0 spiro atoms. The van der Waals surface area contributed by atoms with E-state index in [4.69, 9.17) is 4.74 Å². The predicted molar refractivity (Wildman–Crippen MR) is 64.8 cm³/mol. The lowest BCUT2D eigenvalue weighted by Gasteiger charge is -2.04. The molecular weight excluding hydrogens is 202 g/mol. The molecule has 0 saturated carbocycles. The maximum atomic E-state index is 9.74. The summed E-state index contributed by atoms with van der Waals surface area (Å²) >= 11 is 0. The van der Waals surface area contributed by atoms with E-state index in [1.54, 1.807) is 14.0 Å². The van der Waals surface area contributed by atoms with E-state index < -0.39 is 6.10 Å². The molecule has 2 rings (SSSR count). The summed E-state index contributed by atoms with van der Waals surface area (Å²) in [4.78, 5) is 0. The first-order valence-electron chi connectivity index (χ1n) is 5.52. The summed E-state index contributed by atoms with van der Waals surface area (Å²) in [6, 6.07) is 5.95. The van der Waals surface area contributed by atoms with Crippen LogP contribution in [-0.2, 0) is 6.54 Å². The number of hydrogen-bond donors (Lipinski definition) is 1. The van der Waals surface area contributed by atoms with Gasteiger partial charge in [-0.3, -0.25) is 0 Å². The number of aliphatic hydroxyl groups excluding tert-OH is 1. The number of rotatable bonds is 3. The van der Waals surface area contributed by atoms with Gasteiger partial charge in [0, 0.05) is 29.2 Å². The van der Waals surface area contributed by atoms with E-state index in [-0.39, 0.29) is 0 Å². The number of methoxy groups -OCH3 is 1. The molecule has 1 aromatic heterocycles. The van der Waals surface area contributed by atoms with Gasteiger partial charge >= 0.3 is 0 Å². The monoisotopic (exact) mass is 219 g/mol. The number of ether oxygens (including phenoxy) is 1. The van der Waals surface area contributed by atoms with Crippen LogP contribution in [0.1, 0.15) is 25.5 Å². The van der Waals surface area contributed by atoms with Gasteiger partial charge in [-0.05, 0) is 32.0 Å². The lowest BCUT2D eigenvalue weighted by molar-refractivity contribution is 0.200. The first kappa shape index (κ1) is 11.0. The Bertz CT molecular complexity index is 500. The quantitative estimate of drug-likeness (QED) is 0.861. The van der Waals surface area contributed by atoms with E-state index >= 15 is 0 Å². The minimum absolute atomic E-state index is 0.456. The minimum Gasteiger partial charge on any atom is -0.497 e. The second-order valence-electron chi connectivity index (χ2n) is 3.93. The van der Waals surface area contributed by atoms with E-state index in [9.17, 15) is 5.11 Å². The van der Waals surface area contributed by atoms with Gasteiger partial charge in [0.15, 0.2) is 0 Å². The Hall–Kier alpha value is -1.48. The van der Waals surface area contributed by atoms with Crippen LogP contribution in [0.2, 0.25) is 0 Å². The summed E-state index contributed by atoms with van der Waals surface area (Å²) in [5, 5.41) is 10.8. The third-order valence-corrected chi connectivity index (χ3v) is 2.91. The highest BCUT2D eigenvalue weighted by atomic mass is 16.5. The SMILES string of the molecule is CCn1cc(C(C)O)c2cc(OC)ccc21. The zero-order valence-electron chi connectivity index (χ0n) is 9.90. The molecule has 0 bridgehead atoms. The minimum atomic E-state index is -0.456. The zero-order chi connectivity index (χ0) is 11.7. The summed E-state index contributed by atoms with van der Waals surface area (Å²) in [5.41, 5.74) is 2.09. The summed E-state index contributed by atoms with van der Waals surface area (Å²) in [6.45, 7) is 4.78. The molecule has 3 nitrogen and oxygen atoms in total. The van der Waals surface area contributed by atoms with Gasteiger partial charge in [0.1, 0.15) is 5.75 Å². The largest absolute Gasteiger partial charge is 0.497 e. The lowest BCUT2D eigenvalue weighted by atomic mass is 10.1. The van der Waals surface area contributed by atoms with E-state index in [1.165, 1.54) is 0 Å². The van der Waals surface area contributed by atoms with Gasteiger partial charge in [-0.15, -0.1) is 0 Å². The molecule has 0 fully saturated rings. The van der Waals surface area contributed by atoms with Crippen LogP contribution in [0.4, 0.5) is 0 Å². The fourth-order valence-electron chi connectivity index (χ4n) is 2.03. The Balaban J connectivity index is 2.70. The number of nitrogens with zero attached hydrogens (tertiary/aromatic N) is 1. The molecule has 16 heavy (non-hydrogen) atoms.